The number of tetrazole rings is 1. The number of nitrogens with zero attached hydrogens (tertiary/aromatic N) is 6. The number of alkyl carbamates (subject to hydrolysis) is 1. The fraction of sp³-hybridized carbons (Fsp3) is 0.483. The summed E-state index contributed by atoms with van der Waals surface area (Å²) in [5, 5.41) is 14.0. The number of alkyl halides is 2. The van der Waals surface area contributed by atoms with Crippen molar-refractivity contribution in [1.82, 2.24) is 29.8 Å². The van der Waals surface area contributed by atoms with Crippen LogP contribution in [0, 0.1) is 12.7 Å². The lowest BCUT2D eigenvalue weighted by Crippen LogP contribution is -2.51. The van der Waals surface area contributed by atoms with Crippen molar-refractivity contribution in [2.45, 2.75) is 69.2 Å². The molecule has 3 heterocycles. The van der Waals surface area contributed by atoms with Crippen LogP contribution in [-0.2, 0) is 35.9 Å². The van der Waals surface area contributed by atoms with E-state index in [9.17, 15) is 35.2 Å². The lowest BCUT2D eigenvalue weighted by atomic mass is 10.1. The number of carbonyl (C=O) groups excluding carboxylic acids is 2. The number of sulfonamides is 1. The molecule has 0 bridgehead atoms. The van der Waals surface area contributed by atoms with Crippen LogP contribution in [0.4, 0.5) is 23.7 Å². The van der Waals surface area contributed by atoms with Gasteiger partial charge in [0, 0.05) is 13.0 Å². The second-order valence-corrected chi connectivity index (χ2v) is 16.9. The molecule has 1 saturated heterocycles. The lowest BCUT2D eigenvalue weighted by molar-refractivity contribution is -0.120. The molecule has 48 heavy (non-hydrogen) atoms. The molecule has 5 rings (SSSR count). The molecule has 1 aromatic heterocycles. The van der Waals surface area contributed by atoms with Crippen molar-refractivity contribution in [1.29, 1.82) is 0 Å². The normalized spacial score (nSPS) is 21.3. The van der Waals surface area contributed by atoms with Crippen LogP contribution in [0.3, 0.4) is 0 Å². The number of hydrogen-bond acceptors (Lipinski definition) is 10. The maximum Gasteiger partial charge on any atom is 0.408 e. The number of fused-ring (bicyclic) bond motifs is 1. The number of amides is 2. The third kappa shape index (κ3) is 7.78. The Kier molecular flexibility index (Phi) is 9.10. The van der Waals surface area contributed by atoms with E-state index in [-0.39, 0.29) is 18.8 Å². The number of ether oxygens (including phenoxy) is 1. The summed E-state index contributed by atoms with van der Waals surface area (Å²) in [5.74, 6) is -6.69. The van der Waals surface area contributed by atoms with Crippen molar-refractivity contribution < 1.29 is 44.3 Å². The van der Waals surface area contributed by atoms with E-state index < -0.39 is 96.3 Å². The zero-order chi connectivity index (χ0) is 35.4. The van der Waals surface area contributed by atoms with Crippen molar-refractivity contribution in [3.05, 3.63) is 53.3 Å². The minimum Gasteiger partial charge on any atom is -0.444 e. The molecule has 2 atom stereocenters. The van der Waals surface area contributed by atoms with Gasteiger partial charge >= 0.3 is 6.09 Å². The number of benzene rings is 2. The van der Waals surface area contributed by atoms with Crippen LogP contribution >= 0.6 is 0 Å². The zero-order valence-corrected chi connectivity index (χ0v) is 28.3. The summed E-state index contributed by atoms with van der Waals surface area (Å²) in [6.07, 6.45) is -1.06. The van der Waals surface area contributed by atoms with E-state index in [1.54, 1.807) is 45.0 Å². The Morgan fingerprint density at radius 2 is 1.83 bits per heavy atom. The Morgan fingerprint density at radius 3 is 2.46 bits per heavy atom. The van der Waals surface area contributed by atoms with Crippen LogP contribution in [0.15, 0.2) is 41.3 Å². The Balaban J connectivity index is 1.57. The number of aromatic nitrogens is 4. The summed E-state index contributed by atoms with van der Waals surface area (Å²) in [6.45, 7) is 5.03. The molecule has 2 aliphatic rings. The van der Waals surface area contributed by atoms with Gasteiger partial charge in [-0.25, -0.2) is 34.8 Å². The molecule has 2 amide bonds. The monoisotopic (exact) mass is 713 g/mol. The summed E-state index contributed by atoms with van der Waals surface area (Å²) >= 11 is 0. The van der Waals surface area contributed by atoms with Gasteiger partial charge in [-0.2, -0.15) is 9.10 Å². The highest BCUT2D eigenvalue weighted by molar-refractivity contribution is 7.91. The smallest absolute Gasteiger partial charge is 0.408 e. The van der Waals surface area contributed by atoms with E-state index in [4.69, 9.17) is 4.74 Å². The summed E-state index contributed by atoms with van der Waals surface area (Å²) < 4.78 is 102. The van der Waals surface area contributed by atoms with Crippen molar-refractivity contribution in [3.8, 4) is 11.4 Å². The van der Waals surface area contributed by atoms with Gasteiger partial charge < -0.3 is 15.0 Å². The number of nitrogens with one attached hydrogen (secondary N) is 1. The average molecular weight is 714 g/mol. The Labute approximate surface area is 275 Å². The zero-order valence-electron chi connectivity index (χ0n) is 26.6. The topological polar surface area (TPSA) is 174 Å². The minimum absolute atomic E-state index is 0.183. The first-order valence-electron chi connectivity index (χ1n) is 14.7. The molecule has 3 aromatic rings. The van der Waals surface area contributed by atoms with Crippen LogP contribution in [-0.4, -0.2) is 96.0 Å². The molecule has 0 radical (unpaired) electrons. The molecule has 1 fully saturated rings. The van der Waals surface area contributed by atoms with Crippen LogP contribution in [0.2, 0.25) is 0 Å². The second kappa shape index (κ2) is 12.4. The van der Waals surface area contributed by atoms with Gasteiger partial charge in [-0.05, 0) is 50.6 Å². The van der Waals surface area contributed by atoms with Gasteiger partial charge in [0.15, 0.2) is 9.84 Å². The van der Waals surface area contributed by atoms with E-state index in [1.165, 1.54) is 0 Å². The molecule has 260 valence electrons. The highest BCUT2D eigenvalue weighted by atomic mass is 32.2. The highest BCUT2D eigenvalue weighted by Gasteiger charge is 2.45. The number of carbonyl (C=O) groups is 2. The fourth-order valence-corrected chi connectivity index (χ4v) is 7.86. The first-order valence-corrected chi connectivity index (χ1v) is 18.2. The summed E-state index contributed by atoms with van der Waals surface area (Å²) in [7, 11) is -8.43. The standard InChI is InChI=1S/C29H34F3N7O7S2/c1-17-6-8-18(9-7-17)13-38-23-10-20(25-34-36-39(35-25)19-12-29(31,32)16-37(14-19)47(5,42)43)21(30)11-24(23)48(44,45)15-22(26(38)40)33-27(41)46-28(2,3)4/h6-11,19,22H,12-16H2,1-5H3,(H,33,41)/t19?,22-/m0/s1. The molecular weight excluding hydrogens is 679 g/mol. The summed E-state index contributed by atoms with van der Waals surface area (Å²) in [6, 6.07) is 5.88. The summed E-state index contributed by atoms with van der Waals surface area (Å²) in [4.78, 5) is 28.0. The van der Waals surface area contributed by atoms with Crippen molar-refractivity contribution in [2.75, 3.05) is 30.0 Å². The van der Waals surface area contributed by atoms with Gasteiger partial charge in [0.2, 0.25) is 15.8 Å². The van der Waals surface area contributed by atoms with E-state index >= 15 is 4.39 Å². The molecular formula is C29H34F3N7O7S2. The molecule has 0 saturated carbocycles. The second-order valence-electron chi connectivity index (χ2n) is 12.9. The molecule has 1 unspecified atom stereocenters. The van der Waals surface area contributed by atoms with Gasteiger partial charge in [0.25, 0.3) is 11.8 Å². The molecule has 0 aliphatic carbocycles. The van der Waals surface area contributed by atoms with E-state index in [2.05, 4.69) is 20.7 Å². The largest absolute Gasteiger partial charge is 0.444 e. The quantitative estimate of drug-likeness (QED) is 0.400. The lowest BCUT2D eigenvalue weighted by Gasteiger charge is -2.35. The molecule has 14 nitrogen and oxygen atoms in total. The number of hydrogen-bond donors (Lipinski definition) is 1. The van der Waals surface area contributed by atoms with E-state index in [0.29, 0.717) is 15.9 Å². The van der Waals surface area contributed by atoms with Crippen LogP contribution < -0.4 is 10.2 Å². The number of sulfone groups is 1. The van der Waals surface area contributed by atoms with Gasteiger partial charge in [-0.3, -0.25) is 4.79 Å². The maximum absolute atomic E-state index is 15.7. The Hall–Kier alpha value is -4.10. The van der Waals surface area contributed by atoms with Gasteiger partial charge in [-0.15, -0.1) is 10.2 Å². The number of rotatable bonds is 6. The SMILES string of the molecule is Cc1ccc(CN2C(=O)[C@@H](NC(=O)OC(C)(C)C)CS(=O)(=O)c3cc(F)c(-c4nnn(C5CN(S(C)(=O)=O)CC(F)(F)C5)n4)cc32)cc1. The molecule has 2 aliphatic heterocycles. The summed E-state index contributed by atoms with van der Waals surface area (Å²) in [5.41, 5.74) is -0.103. The van der Waals surface area contributed by atoms with Crippen molar-refractivity contribution in [2.24, 2.45) is 0 Å². The Morgan fingerprint density at radius 1 is 1.17 bits per heavy atom. The van der Waals surface area contributed by atoms with Gasteiger partial charge in [0.1, 0.15) is 17.5 Å². The van der Waals surface area contributed by atoms with Gasteiger partial charge in [0.05, 0.1) is 47.3 Å². The third-order valence-electron chi connectivity index (χ3n) is 7.60. The van der Waals surface area contributed by atoms with Crippen molar-refractivity contribution >= 4 is 37.5 Å². The first-order chi connectivity index (χ1) is 22.1. The molecule has 19 heteroatoms. The Bertz CT molecular complexity index is 1960. The van der Waals surface area contributed by atoms with Crippen LogP contribution in [0.25, 0.3) is 11.4 Å². The number of piperidine rings is 1. The van der Waals surface area contributed by atoms with Crippen LogP contribution in [0.5, 0.6) is 0 Å². The maximum atomic E-state index is 15.7. The fourth-order valence-electron chi connectivity index (χ4n) is 5.38. The molecule has 0 spiro atoms. The number of anilines is 1. The molecule has 1 N–H and O–H groups in total. The predicted octanol–water partition coefficient (Wildman–Crippen LogP) is 2.84. The third-order valence-corrected chi connectivity index (χ3v) is 10.6. The van der Waals surface area contributed by atoms with Crippen LogP contribution in [0.1, 0.15) is 44.4 Å². The highest BCUT2D eigenvalue weighted by Crippen LogP contribution is 2.38. The van der Waals surface area contributed by atoms with Gasteiger partial charge in [-0.1, -0.05) is 29.8 Å². The van der Waals surface area contributed by atoms with E-state index in [1.807, 2.05) is 6.92 Å². The molecule has 2 aromatic carbocycles. The average Bonchev–Trinajstić information content (AvgIpc) is 3.42. The van der Waals surface area contributed by atoms with Crippen molar-refractivity contribution in [3.63, 3.8) is 0 Å². The first kappa shape index (κ1) is 35.2. The van der Waals surface area contributed by atoms with E-state index in [0.717, 1.165) is 27.6 Å². The number of aryl methyl sites for hydroxylation is 1. The predicted molar refractivity (Wildman–Crippen MR) is 166 cm³/mol. The number of halogens is 3. The minimum atomic E-state index is -4.43.